The first-order valence-corrected chi connectivity index (χ1v) is 9.63. The standard InChI is InChI=1S/C19H22N2O4S/c22-10-12-26-16-7-5-14(6-8-16)18(23)20-15-3-1-9-21(13-15)19(24)17-4-2-11-25-17/h2,4-8,11,15,22H,1,3,9-10,12-13H2,(H,20,23)/t15-/m0/s1. The summed E-state index contributed by atoms with van der Waals surface area (Å²) in [6, 6.07) is 10.6. The van der Waals surface area contributed by atoms with Crippen LogP contribution in [0, 0.1) is 0 Å². The van der Waals surface area contributed by atoms with Gasteiger partial charge in [-0.25, -0.2) is 0 Å². The summed E-state index contributed by atoms with van der Waals surface area (Å²) in [6.45, 7) is 1.28. The lowest BCUT2D eigenvalue weighted by atomic mass is 10.0. The number of benzene rings is 1. The molecule has 6 nitrogen and oxygen atoms in total. The van der Waals surface area contributed by atoms with Gasteiger partial charge in [-0.15, -0.1) is 11.8 Å². The Morgan fingerprint density at radius 2 is 2.08 bits per heavy atom. The molecule has 7 heteroatoms. The molecule has 0 radical (unpaired) electrons. The zero-order valence-corrected chi connectivity index (χ0v) is 15.2. The molecule has 2 heterocycles. The van der Waals surface area contributed by atoms with Crippen LogP contribution in [-0.2, 0) is 0 Å². The molecule has 2 aromatic rings. The Balaban J connectivity index is 1.56. The van der Waals surface area contributed by atoms with Crippen LogP contribution >= 0.6 is 11.8 Å². The Bertz CT molecular complexity index is 731. The van der Waals surface area contributed by atoms with Gasteiger partial charge in [-0.05, 0) is 49.2 Å². The van der Waals surface area contributed by atoms with Gasteiger partial charge in [0.1, 0.15) is 0 Å². The highest BCUT2D eigenvalue weighted by Gasteiger charge is 2.26. The van der Waals surface area contributed by atoms with E-state index in [1.807, 2.05) is 12.1 Å². The van der Waals surface area contributed by atoms with E-state index in [4.69, 9.17) is 9.52 Å². The zero-order valence-electron chi connectivity index (χ0n) is 14.4. The molecule has 1 aromatic heterocycles. The Morgan fingerprint density at radius 3 is 2.77 bits per heavy atom. The number of amides is 2. The number of likely N-dealkylation sites (tertiary alicyclic amines) is 1. The van der Waals surface area contributed by atoms with E-state index in [1.165, 1.54) is 6.26 Å². The van der Waals surface area contributed by atoms with Crippen molar-refractivity contribution in [2.24, 2.45) is 0 Å². The number of carbonyl (C=O) groups is 2. The maximum Gasteiger partial charge on any atom is 0.289 e. The van der Waals surface area contributed by atoms with E-state index in [2.05, 4.69) is 5.32 Å². The molecule has 1 atom stereocenters. The van der Waals surface area contributed by atoms with E-state index in [0.29, 0.717) is 30.2 Å². The molecule has 0 unspecified atom stereocenters. The number of aliphatic hydroxyl groups is 1. The molecule has 2 N–H and O–H groups in total. The van der Waals surface area contributed by atoms with Crippen LogP contribution < -0.4 is 5.32 Å². The number of thioether (sulfide) groups is 1. The van der Waals surface area contributed by atoms with Crippen LogP contribution in [0.15, 0.2) is 52.0 Å². The lowest BCUT2D eigenvalue weighted by Gasteiger charge is -2.32. The molecule has 1 aliphatic heterocycles. The summed E-state index contributed by atoms with van der Waals surface area (Å²) < 4.78 is 5.18. The number of aliphatic hydroxyl groups excluding tert-OH is 1. The first kappa shape index (κ1) is 18.5. The molecule has 2 amide bonds. The second kappa shape index (κ2) is 8.91. The third-order valence-electron chi connectivity index (χ3n) is 4.25. The fraction of sp³-hybridized carbons (Fsp3) is 0.368. The van der Waals surface area contributed by atoms with E-state index in [-0.39, 0.29) is 24.5 Å². The van der Waals surface area contributed by atoms with E-state index in [0.717, 1.165) is 17.7 Å². The molecule has 138 valence electrons. The Hall–Kier alpha value is -2.25. The first-order valence-electron chi connectivity index (χ1n) is 8.65. The summed E-state index contributed by atoms with van der Waals surface area (Å²) in [5.74, 6) is 0.681. The second-order valence-corrected chi connectivity index (χ2v) is 7.31. The van der Waals surface area contributed by atoms with Gasteiger partial charge in [0, 0.05) is 35.3 Å². The maximum atomic E-state index is 12.5. The molecule has 0 aliphatic carbocycles. The summed E-state index contributed by atoms with van der Waals surface area (Å²) >= 11 is 1.54. The third-order valence-corrected chi connectivity index (χ3v) is 5.24. The van der Waals surface area contributed by atoms with Gasteiger partial charge in [-0.3, -0.25) is 9.59 Å². The quantitative estimate of drug-likeness (QED) is 0.759. The minimum absolute atomic E-state index is 0.0707. The summed E-state index contributed by atoms with van der Waals surface area (Å²) in [7, 11) is 0. The smallest absolute Gasteiger partial charge is 0.289 e. The van der Waals surface area contributed by atoms with E-state index < -0.39 is 0 Å². The summed E-state index contributed by atoms with van der Waals surface area (Å²) in [5.41, 5.74) is 0.591. The lowest BCUT2D eigenvalue weighted by molar-refractivity contribution is 0.0647. The minimum atomic E-state index is -0.140. The highest BCUT2D eigenvalue weighted by atomic mass is 32.2. The van der Waals surface area contributed by atoms with Crippen LogP contribution in [0.3, 0.4) is 0 Å². The largest absolute Gasteiger partial charge is 0.459 e. The van der Waals surface area contributed by atoms with Gasteiger partial charge in [-0.2, -0.15) is 0 Å². The lowest BCUT2D eigenvalue weighted by Crippen LogP contribution is -2.49. The van der Waals surface area contributed by atoms with Gasteiger partial charge < -0.3 is 19.7 Å². The molecule has 1 aliphatic rings. The SMILES string of the molecule is O=C(N[C@H]1CCCN(C(=O)c2ccco2)C1)c1ccc(SCCO)cc1. The van der Waals surface area contributed by atoms with Crippen LogP contribution in [0.4, 0.5) is 0 Å². The molecule has 3 rings (SSSR count). The van der Waals surface area contributed by atoms with E-state index >= 15 is 0 Å². The van der Waals surface area contributed by atoms with Crippen molar-refractivity contribution in [3.8, 4) is 0 Å². The van der Waals surface area contributed by atoms with Gasteiger partial charge in [0.25, 0.3) is 11.8 Å². The van der Waals surface area contributed by atoms with Crippen molar-refractivity contribution in [3.63, 3.8) is 0 Å². The highest BCUT2D eigenvalue weighted by Crippen LogP contribution is 2.19. The van der Waals surface area contributed by atoms with Crippen molar-refractivity contribution in [1.29, 1.82) is 0 Å². The number of rotatable bonds is 6. The second-order valence-electron chi connectivity index (χ2n) is 6.14. The molecule has 1 fully saturated rings. The van der Waals surface area contributed by atoms with Crippen molar-refractivity contribution < 1.29 is 19.1 Å². The maximum absolute atomic E-state index is 12.5. The third kappa shape index (κ3) is 4.68. The minimum Gasteiger partial charge on any atom is -0.459 e. The molecule has 26 heavy (non-hydrogen) atoms. The molecule has 0 spiro atoms. The normalized spacial score (nSPS) is 17.1. The van der Waals surface area contributed by atoms with Gasteiger partial charge in [-0.1, -0.05) is 0 Å². The van der Waals surface area contributed by atoms with Crippen molar-refractivity contribution >= 4 is 23.6 Å². The van der Waals surface area contributed by atoms with E-state index in [1.54, 1.807) is 40.9 Å². The number of hydrogen-bond acceptors (Lipinski definition) is 5. The van der Waals surface area contributed by atoms with E-state index in [9.17, 15) is 9.59 Å². The van der Waals surface area contributed by atoms with Crippen molar-refractivity contribution in [2.45, 2.75) is 23.8 Å². The molecule has 1 saturated heterocycles. The molecule has 0 bridgehead atoms. The predicted molar refractivity (Wildman–Crippen MR) is 99.4 cm³/mol. The Labute approximate surface area is 156 Å². The van der Waals surface area contributed by atoms with Gasteiger partial charge in [0.05, 0.1) is 12.9 Å². The fourth-order valence-corrected chi connectivity index (χ4v) is 3.63. The summed E-state index contributed by atoms with van der Waals surface area (Å²) in [5, 5.41) is 11.9. The zero-order chi connectivity index (χ0) is 18.4. The predicted octanol–water partition coefficient (Wildman–Crippen LogP) is 2.40. The van der Waals surface area contributed by atoms with Gasteiger partial charge >= 0.3 is 0 Å². The van der Waals surface area contributed by atoms with Crippen molar-refractivity contribution in [3.05, 3.63) is 54.0 Å². The number of nitrogens with zero attached hydrogens (tertiary/aromatic N) is 1. The van der Waals surface area contributed by atoms with Gasteiger partial charge in [0.2, 0.25) is 0 Å². The average Bonchev–Trinajstić information content (AvgIpc) is 3.21. The molecular formula is C19H22N2O4S. The topological polar surface area (TPSA) is 82.8 Å². The first-order chi connectivity index (χ1) is 12.7. The van der Waals surface area contributed by atoms with Gasteiger partial charge in [0.15, 0.2) is 5.76 Å². The van der Waals surface area contributed by atoms with Crippen molar-refractivity contribution in [1.82, 2.24) is 10.2 Å². The Morgan fingerprint density at radius 1 is 1.27 bits per heavy atom. The molecule has 0 saturated carbocycles. The van der Waals surface area contributed by atoms with Crippen LogP contribution in [0.25, 0.3) is 0 Å². The fourth-order valence-electron chi connectivity index (χ4n) is 2.97. The van der Waals surface area contributed by atoms with Crippen molar-refractivity contribution in [2.75, 3.05) is 25.4 Å². The number of carbonyl (C=O) groups excluding carboxylic acids is 2. The van der Waals surface area contributed by atoms with Crippen LogP contribution in [0.2, 0.25) is 0 Å². The summed E-state index contributed by atoms with van der Waals surface area (Å²) in [4.78, 5) is 27.6. The number of furan rings is 1. The average molecular weight is 374 g/mol. The van der Waals surface area contributed by atoms with Crippen LogP contribution in [0.1, 0.15) is 33.8 Å². The number of hydrogen-bond donors (Lipinski definition) is 2. The highest BCUT2D eigenvalue weighted by molar-refractivity contribution is 7.99. The number of nitrogens with one attached hydrogen (secondary N) is 1. The molecular weight excluding hydrogens is 352 g/mol. The number of piperidine rings is 1. The Kier molecular flexibility index (Phi) is 6.35. The summed E-state index contributed by atoms with van der Waals surface area (Å²) in [6.07, 6.45) is 3.17. The monoisotopic (exact) mass is 374 g/mol. The van der Waals surface area contributed by atoms with Crippen LogP contribution in [0.5, 0.6) is 0 Å². The molecule has 1 aromatic carbocycles. The van der Waals surface area contributed by atoms with Crippen LogP contribution in [-0.4, -0.2) is 53.3 Å².